The van der Waals surface area contributed by atoms with Crippen LogP contribution in [0.15, 0.2) is 42.5 Å². The summed E-state index contributed by atoms with van der Waals surface area (Å²) >= 11 is 0. The van der Waals surface area contributed by atoms with Gasteiger partial charge in [0, 0.05) is 0 Å². The van der Waals surface area contributed by atoms with Crippen molar-refractivity contribution < 1.29 is 9.90 Å². The number of aliphatic carboxylic acids is 1. The van der Waals surface area contributed by atoms with Crippen molar-refractivity contribution >= 4 is 5.97 Å². The van der Waals surface area contributed by atoms with Crippen LogP contribution >= 0.6 is 0 Å². The second kappa shape index (κ2) is 10.8. The van der Waals surface area contributed by atoms with Crippen molar-refractivity contribution in [2.24, 2.45) is 0 Å². The van der Waals surface area contributed by atoms with E-state index in [9.17, 15) is 9.90 Å². The minimum atomic E-state index is -0.812. The summed E-state index contributed by atoms with van der Waals surface area (Å²) in [5.41, 5.74) is 5.22. The highest BCUT2D eigenvalue weighted by molar-refractivity contribution is 5.85. The lowest BCUT2D eigenvalue weighted by Crippen LogP contribution is -2.33. The maximum absolute atomic E-state index is 12.4. The zero-order valence-corrected chi connectivity index (χ0v) is 18.9. The Labute approximate surface area is 182 Å². The lowest BCUT2D eigenvalue weighted by atomic mass is 9.75. The monoisotopic (exact) mass is 406 g/mol. The molecule has 2 nitrogen and oxygen atoms in total. The molecule has 0 amide bonds. The zero-order chi connectivity index (χ0) is 21.4. The van der Waals surface area contributed by atoms with Gasteiger partial charge in [-0.15, -0.1) is 0 Å². The fourth-order valence-electron chi connectivity index (χ4n) is 5.00. The van der Waals surface area contributed by atoms with E-state index in [1.807, 2.05) is 13.0 Å². The molecule has 1 aliphatic carbocycles. The van der Waals surface area contributed by atoms with E-state index in [1.165, 1.54) is 73.6 Å². The summed E-state index contributed by atoms with van der Waals surface area (Å²) in [5, 5.41) is 10.2. The van der Waals surface area contributed by atoms with E-state index in [4.69, 9.17) is 0 Å². The number of benzene rings is 2. The Balaban J connectivity index is 1.57. The van der Waals surface area contributed by atoms with Crippen LogP contribution < -0.4 is 0 Å². The van der Waals surface area contributed by atoms with Crippen LogP contribution in [-0.4, -0.2) is 11.1 Å². The highest BCUT2D eigenvalue weighted by Crippen LogP contribution is 2.43. The second-order valence-electron chi connectivity index (χ2n) is 9.23. The summed E-state index contributed by atoms with van der Waals surface area (Å²) in [4.78, 5) is 12.4. The van der Waals surface area contributed by atoms with Crippen LogP contribution in [0.1, 0.15) is 101 Å². The molecule has 162 valence electrons. The largest absolute Gasteiger partial charge is 0.481 e. The second-order valence-corrected chi connectivity index (χ2v) is 9.23. The van der Waals surface area contributed by atoms with Gasteiger partial charge in [0.15, 0.2) is 0 Å². The number of carbonyl (C=O) groups is 1. The molecule has 1 unspecified atom stereocenters. The minimum Gasteiger partial charge on any atom is -0.481 e. The normalized spacial score (nSPS) is 14.2. The van der Waals surface area contributed by atoms with Crippen LogP contribution in [0.2, 0.25) is 0 Å². The van der Waals surface area contributed by atoms with Crippen LogP contribution in [0.25, 0.3) is 11.1 Å². The Bertz CT molecular complexity index is 838. The van der Waals surface area contributed by atoms with Crippen molar-refractivity contribution in [3.63, 3.8) is 0 Å². The molecular formula is C28H38O2. The summed E-state index contributed by atoms with van der Waals surface area (Å²) in [6.45, 7) is 4.19. The van der Waals surface area contributed by atoms with E-state index in [1.54, 1.807) is 0 Å². The first-order valence-electron chi connectivity index (χ1n) is 12.0. The fraction of sp³-hybridized carbons (Fsp3) is 0.536. The number of rotatable bonds is 13. The van der Waals surface area contributed by atoms with E-state index in [0.29, 0.717) is 6.42 Å². The van der Waals surface area contributed by atoms with Gasteiger partial charge in [0.25, 0.3) is 0 Å². The van der Waals surface area contributed by atoms with Crippen LogP contribution in [0, 0.1) is 0 Å². The molecule has 3 rings (SSSR count). The highest BCUT2D eigenvalue weighted by Gasteiger charge is 2.38. The quantitative estimate of drug-likeness (QED) is 0.293. The minimum absolute atomic E-state index is 0.692. The maximum atomic E-state index is 12.4. The molecule has 0 saturated heterocycles. The summed E-state index contributed by atoms with van der Waals surface area (Å²) in [5.74, 6) is -0.692. The Hall–Kier alpha value is -2.09. The van der Waals surface area contributed by atoms with Crippen LogP contribution in [0.5, 0.6) is 0 Å². The van der Waals surface area contributed by atoms with Gasteiger partial charge in [-0.05, 0) is 47.6 Å². The van der Waals surface area contributed by atoms with E-state index < -0.39 is 11.4 Å². The lowest BCUT2D eigenvalue weighted by Gasteiger charge is -2.28. The third-order valence-electron chi connectivity index (χ3n) is 6.95. The Kier molecular flexibility index (Phi) is 8.13. The zero-order valence-electron chi connectivity index (χ0n) is 18.9. The van der Waals surface area contributed by atoms with Crippen molar-refractivity contribution in [3.8, 4) is 11.1 Å². The summed E-state index contributed by atoms with van der Waals surface area (Å²) in [7, 11) is 0. The molecule has 0 aliphatic heterocycles. The molecule has 0 fully saturated rings. The van der Waals surface area contributed by atoms with E-state index in [0.717, 1.165) is 24.8 Å². The molecule has 0 saturated carbocycles. The van der Waals surface area contributed by atoms with Crippen molar-refractivity contribution in [3.05, 3.63) is 59.2 Å². The van der Waals surface area contributed by atoms with Crippen LogP contribution in [-0.2, 0) is 16.6 Å². The Morgan fingerprint density at radius 2 is 1.43 bits per heavy atom. The van der Waals surface area contributed by atoms with Gasteiger partial charge in [-0.1, -0.05) is 114 Å². The van der Waals surface area contributed by atoms with Gasteiger partial charge in [0.2, 0.25) is 0 Å². The third-order valence-corrected chi connectivity index (χ3v) is 6.95. The molecule has 1 aliphatic rings. The van der Waals surface area contributed by atoms with Gasteiger partial charge in [0.05, 0.1) is 5.41 Å². The van der Waals surface area contributed by atoms with Gasteiger partial charge in [-0.3, -0.25) is 4.79 Å². The first-order chi connectivity index (χ1) is 14.6. The number of carboxylic acids is 1. The predicted octanol–water partition coefficient (Wildman–Crippen LogP) is 7.91. The van der Waals surface area contributed by atoms with E-state index >= 15 is 0 Å². The summed E-state index contributed by atoms with van der Waals surface area (Å²) in [6, 6.07) is 14.7. The first kappa shape index (κ1) is 22.6. The third kappa shape index (κ3) is 5.14. The highest BCUT2D eigenvalue weighted by atomic mass is 16.4. The molecule has 2 heteroatoms. The van der Waals surface area contributed by atoms with Gasteiger partial charge in [0.1, 0.15) is 0 Å². The molecule has 0 heterocycles. The molecule has 30 heavy (non-hydrogen) atoms. The summed E-state index contributed by atoms with van der Waals surface area (Å²) in [6.07, 6.45) is 14.3. The van der Waals surface area contributed by atoms with E-state index in [-0.39, 0.29) is 0 Å². The van der Waals surface area contributed by atoms with Gasteiger partial charge in [-0.2, -0.15) is 0 Å². The number of fused-ring (bicyclic) bond motifs is 3. The summed E-state index contributed by atoms with van der Waals surface area (Å²) < 4.78 is 0. The average Bonchev–Trinajstić information content (AvgIpc) is 3.13. The standard InChI is InChI=1S/C28H38O2/c1-3-4-5-6-7-8-9-10-11-14-20-28(2,27(29)30)26-19-15-18-24-23-17-13-12-16-22(23)21-25(24)26/h12-13,15-19H,3-11,14,20-21H2,1-2H3,(H,29,30). The van der Waals surface area contributed by atoms with Crippen molar-refractivity contribution in [1.29, 1.82) is 0 Å². The van der Waals surface area contributed by atoms with Crippen molar-refractivity contribution in [2.75, 3.05) is 0 Å². The molecule has 0 radical (unpaired) electrons. The first-order valence-corrected chi connectivity index (χ1v) is 12.0. The molecule has 0 aromatic heterocycles. The van der Waals surface area contributed by atoms with Crippen molar-refractivity contribution in [1.82, 2.24) is 0 Å². The number of hydrogen-bond acceptors (Lipinski definition) is 1. The van der Waals surface area contributed by atoms with Gasteiger partial charge < -0.3 is 5.11 Å². The Morgan fingerprint density at radius 1 is 0.833 bits per heavy atom. The molecule has 2 aromatic rings. The van der Waals surface area contributed by atoms with Gasteiger partial charge in [-0.25, -0.2) is 0 Å². The molecule has 1 N–H and O–H groups in total. The number of unbranched alkanes of at least 4 members (excludes halogenated alkanes) is 9. The molecule has 0 spiro atoms. The smallest absolute Gasteiger partial charge is 0.313 e. The topological polar surface area (TPSA) is 37.3 Å². The SMILES string of the molecule is CCCCCCCCCCCCC(C)(C(=O)O)c1cccc2c1Cc1ccccc1-2. The lowest BCUT2D eigenvalue weighted by molar-refractivity contribution is -0.143. The van der Waals surface area contributed by atoms with Gasteiger partial charge >= 0.3 is 5.97 Å². The average molecular weight is 407 g/mol. The number of hydrogen-bond donors (Lipinski definition) is 1. The number of carboxylic acid groups (broad SMARTS) is 1. The van der Waals surface area contributed by atoms with Crippen LogP contribution in [0.4, 0.5) is 0 Å². The molecule has 2 aromatic carbocycles. The van der Waals surface area contributed by atoms with E-state index in [2.05, 4.69) is 43.3 Å². The molecule has 0 bridgehead atoms. The predicted molar refractivity (Wildman–Crippen MR) is 126 cm³/mol. The molecular weight excluding hydrogens is 368 g/mol. The van der Waals surface area contributed by atoms with Crippen molar-refractivity contribution in [2.45, 2.75) is 96.3 Å². The fourth-order valence-corrected chi connectivity index (χ4v) is 5.00. The Morgan fingerprint density at radius 3 is 2.10 bits per heavy atom. The van der Waals surface area contributed by atoms with Crippen LogP contribution in [0.3, 0.4) is 0 Å². The molecule has 1 atom stereocenters. The maximum Gasteiger partial charge on any atom is 0.313 e.